The van der Waals surface area contributed by atoms with Crippen LogP contribution in [0.25, 0.3) is 0 Å². The Morgan fingerprint density at radius 3 is 2.30 bits per heavy atom. The Labute approximate surface area is 136 Å². The van der Waals surface area contributed by atoms with Crippen LogP contribution in [0.15, 0.2) is 30.3 Å². The normalized spacial score (nSPS) is 12.3. The van der Waals surface area contributed by atoms with Gasteiger partial charge >= 0.3 is 0 Å². The van der Waals surface area contributed by atoms with Crippen LogP contribution in [0.2, 0.25) is 15.1 Å². The molecule has 0 N–H and O–H groups in total. The summed E-state index contributed by atoms with van der Waals surface area (Å²) in [5.41, 5.74) is 0.777. The summed E-state index contributed by atoms with van der Waals surface area (Å²) in [4.78, 5) is 0. The molecule has 6 heteroatoms. The molecule has 106 valence electrons. The molecule has 2 rings (SSSR count). The van der Waals surface area contributed by atoms with Crippen LogP contribution in [0.3, 0.4) is 0 Å². The molecule has 0 bridgehead atoms. The zero-order valence-electron chi connectivity index (χ0n) is 10.3. The molecule has 20 heavy (non-hydrogen) atoms. The van der Waals surface area contributed by atoms with E-state index in [-0.39, 0.29) is 5.56 Å². The predicted octanol–water partition coefficient (Wildman–Crippen LogP) is 6.12. The molecular formula is C14H9Cl4FO. The van der Waals surface area contributed by atoms with Crippen LogP contribution in [0, 0.1) is 5.82 Å². The van der Waals surface area contributed by atoms with Gasteiger partial charge in [0.25, 0.3) is 0 Å². The van der Waals surface area contributed by atoms with Crippen molar-refractivity contribution >= 4 is 46.4 Å². The molecule has 0 fully saturated rings. The van der Waals surface area contributed by atoms with Crippen LogP contribution in [-0.4, -0.2) is 7.11 Å². The third-order valence-electron chi connectivity index (χ3n) is 2.78. The number of ether oxygens (including phenoxy) is 1. The molecule has 0 spiro atoms. The quantitative estimate of drug-likeness (QED) is 0.603. The fourth-order valence-corrected chi connectivity index (χ4v) is 2.85. The Hall–Kier alpha value is -0.670. The Balaban J connectivity index is 2.48. The Morgan fingerprint density at radius 2 is 1.70 bits per heavy atom. The van der Waals surface area contributed by atoms with Gasteiger partial charge in [-0.3, -0.25) is 0 Å². The number of benzene rings is 2. The van der Waals surface area contributed by atoms with Gasteiger partial charge in [0.05, 0.1) is 17.5 Å². The van der Waals surface area contributed by atoms with Crippen molar-refractivity contribution in [1.29, 1.82) is 0 Å². The second-order valence-corrected chi connectivity index (χ2v) is 5.72. The minimum Gasteiger partial charge on any atom is -0.495 e. The first-order valence-corrected chi connectivity index (χ1v) is 7.13. The van der Waals surface area contributed by atoms with Crippen molar-refractivity contribution in [2.75, 3.05) is 7.11 Å². The minimum atomic E-state index is -0.775. The molecule has 0 heterocycles. The zero-order valence-corrected chi connectivity index (χ0v) is 13.3. The smallest absolute Gasteiger partial charge is 0.138 e. The van der Waals surface area contributed by atoms with Gasteiger partial charge in [-0.1, -0.05) is 40.9 Å². The Morgan fingerprint density at radius 1 is 1.00 bits per heavy atom. The van der Waals surface area contributed by atoms with Crippen molar-refractivity contribution in [1.82, 2.24) is 0 Å². The largest absolute Gasteiger partial charge is 0.495 e. The van der Waals surface area contributed by atoms with Gasteiger partial charge in [-0.2, -0.15) is 0 Å². The molecule has 0 saturated heterocycles. The van der Waals surface area contributed by atoms with E-state index in [1.807, 2.05) is 0 Å². The molecule has 0 aliphatic carbocycles. The summed E-state index contributed by atoms with van der Waals surface area (Å²) in [6.45, 7) is 0. The fraction of sp³-hybridized carbons (Fsp3) is 0.143. The molecule has 0 aromatic heterocycles. The molecule has 2 aromatic carbocycles. The fourth-order valence-electron chi connectivity index (χ4n) is 1.77. The van der Waals surface area contributed by atoms with E-state index in [9.17, 15) is 4.39 Å². The molecule has 0 saturated carbocycles. The van der Waals surface area contributed by atoms with E-state index in [1.54, 1.807) is 18.2 Å². The van der Waals surface area contributed by atoms with Crippen LogP contribution < -0.4 is 4.74 Å². The summed E-state index contributed by atoms with van der Waals surface area (Å²) in [6, 6.07) is 7.39. The van der Waals surface area contributed by atoms with Gasteiger partial charge in [0.2, 0.25) is 0 Å². The average Bonchev–Trinajstić information content (AvgIpc) is 2.40. The van der Waals surface area contributed by atoms with Crippen molar-refractivity contribution in [3.63, 3.8) is 0 Å². The molecule has 0 aliphatic heterocycles. The van der Waals surface area contributed by atoms with Crippen LogP contribution in [-0.2, 0) is 0 Å². The van der Waals surface area contributed by atoms with Gasteiger partial charge in [-0.15, -0.1) is 11.6 Å². The highest BCUT2D eigenvalue weighted by molar-refractivity contribution is 6.36. The van der Waals surface area contributed by atoms with Crippen LogP contribution in [0.4, 0.5) is 4.39 Å². The van der Waals surface area contributed by atoms with Crippen molar-refractivity contribution in [2.24, 2.45) is 0 Å². The lowest BCUT2D eigenvalue weighted by Gasteiger charge is -2.15. The lowest BCUT2D eigenvalue weighted by molar-refractivity contribution is 0.415. The first-order valence-electron chi connectivity index (χ1n) is 5.56. The maximum atomic E-state index is 13.9. The summed E-state index contributed by atoms with van der Waals surface area (Å²) in [6.07, 6.45) is 0. The minimum absolute atomic E-state index is 0.277. The van der Waals surface area contributed by atoms with Gasteiger partial charge in [0.1, 0.15) is 11.6 Å². The lowest BCUT2D eigenvalue weighted by atomic mass is 10.0. The number of methoxy groups -OCH3 is 1. The van der Waals surface area contributed by atoms with Gasteiger partial charge in [0.15, 0.2) is 0 Å². The third kappa shape index (κ3) is 3.15. The Bertz CT molecular complexity index is 645. The molecular weight excluding hydrogens is 345 g/mol. The highest BCUT2D eigenvalue weighted by Crippen LogP contribution is 2.40. The number of rotatable bonds is 3. The first-order chi connectivity index (χ1) is 9.43. The number of alkyl halides is 1. The van der Waals surface area contributed by atoms with E-state index in [0.717, 1.165) is 0 Å². The molecule has 0 radical (unpaired) electrons. The third-order valence-corrected chi connectivity index (χ3v) is 4.11. The van der Waals surface area contributed by atoms with Crippen molar-refractivity contribution < 1.29 is 9.13 Å². The standard InChI is InChI=1S/C14H9Cl4FO/c1-20-13-6-10(16)9(5-11(13)17)14(18)8-3-2-7(15)4-12(8)19/h2-6,14H,1H3. The van der Waals surface area contributed by atoms with Crippen LogP contribution in [0.5, 0.6) is 5.75 Å². The average molecular weight is 354 g/mol. The van der Waals surface area contributed by atoms with Gasteiger partial charge in [0, 0.05) is 21.7 Å². The van der Waals surface area contributed by atoms with Crippen molar-refractivity contribution in [3.05, 3.63) is 62.3 Å². The van der Waals surface area contributed by atoms with E-state index in [2.05, 4.69) is 0 Å². The molecule has 1 nitrogen and oxygen atoms in total. The molecule has 2 aromatic rings. The summed E-state index contributed by atoms with van der Waals surface area (Å²) < 4.78 is 18.9. The SMILES string of the molecule is COc1cc(Cl)c(C(Cl)c2ccc(Cl)cc2F)cc1Cl. The van der Waals surface area contributed by atoms with Gasteiger partial charge < -0.3 is 4.74 Å². The van der Waals surface area contributed by atoms with Crippen molar-refractivity contribution in [3.8, 4) is 5.75 Å². The Kier molecular flexibility index (Phi) is 5.03. The molecule has 0 aliphatic rings. The van der Waals surface area contributed by atoms with E-state index in [0.29, 0.717) is 26.4 Å². The monoisotopic (exact) mass is 352 g/mol. The van der Waals surface area contributed by atoms with E-state index in [4.69, 9.17) is 51.1 Å². The highest BCUT2D eigenvalue weighted by atomic mass is 35.5. The zero-order chi connectivity index (χ0) is 14.9. The topological polar surface area (TPSA) is 9.23 Å². The van der Waals surface area contributed by atoms with Crippen LogP contribution in [0.1, 0.15) is 16.5 Å². The second-order valence-electron chi connectivity index (χ2n) is 4.04. The van der Waals surface area contributed by atoms with Gasteiger partial charge in [-0.05, 0) is 23.8 Å². The number of hydrogen-bond acceptors (Lipinski definition) is 1. The molecule has 1 unspecified atom stereocenters. The molecule has 0 amide bonds. The van der Waals surface area contributed by atoms with Crippen molar-refractivity contribution in [2.45, 2.75) is 5.38 Å². The maximum absolute atomic E-state index is 13.9. The maximum Gasteiger partial charge on any atom is 0.138 e. The predicted molar refractivity (Wildman–Crippen MR) is 82.1 cm³/mol. The highest BCUT2D eigenvalue weighted by Gasteiger charge is 2.20. The van der Waals surface area contributed by atoms with Gasteiger partial charge in [-0.25, -0.2) is 4.39 Å². The second kappa shape index (κ2) is 6.40. The van der Waals surface area contributed by atoms with E-state index < -0.39 is 11.2 Å². The summed E-state index contributed by atoms with van der Waals surface area (Å²) >= 11 is 24.2. The van der Waals surface area contributed by atoms with Crippen LogP contribution >= 0.6 is 46.4 Å². The molecule has 1 atom stereocenters. The van der Waals surface area contributed by atoms with E-state index in [1.165, 1.54) is 19.2 Å². The number of hydrogen-bond donors (Lipinski definition) is 0. The summed E-state index contributed by atoms with van der Waals surface area (Å²) in [7, 11) is 1.48. The number of halogens is 5. The summed E-state index contributed by atoms with van der Waals surface area (Å²) in [5.74, 6) is -0.0682. The van der Waals surface area contributed by atoms with E-state index >= 15 is 0 Å². The first kappa shape index (κ1) is 15.7. The lowest BCUT2D eigenvalue weighted by Crippen LogP contribution is -1.99. The summed E-state index contributed by atoms with van der Waals surface area (Å²) in [5, 5.41) is 0.227.